The molecule has 0 spiro atoms. The molecule has 0 atom stereocenters. The fourth-order valence-corrected chi connectivity index (χ4v) is 5.93. The Bertz CT molecular complexity index is 1090. The van der Waals surface area contributed by atoms with Crippen LogP contribution in [0.25, 0.3) is 11.1 Å². The van der Waals surface area contributed by atoms with Crippen molar-refractivity contribution in [3.8, 4) is 0 Å². The van der Waals surface area contributed by atoms with Crippen LogP contribution in [0.2, 0.25) is 0 Å². The molecule has 178 valence electrons. The van der Waals surface area contributed by atoms with Gasteiger partial charge in [-0.25, -0.2) is 13.2 Å². The minimum absolute atomic E-state index is 0.0847. The number of piperidine rings is 1. The van der Waals surface area contributed by atoms with E-state index in [1.807, 2.05) is 18.7 Å². The Kier molecular flexibility index (Phi) is 7.82. The van der Waals surface area contributed by atoms with E-state index in [-0.39, 0.29) is 28.3 Å². The second-order valence-electron chi connectivity index (χ2n) is 8.89. The molecule has 9 heteroatoms. The van der Waals surface area contributed by atoms with E-state index in [0.29, 0.717) is 37.9 Å². The first-order chi connectivity index (χ1) is 15.2. The SMILES string of the molecule is CCCN(CCC)C(=O)CC1CCN(S(=O)(=O)c2ccc3c(c2)oc(=O)n3C(C)C)CC1. The van der Waals surface area contributed by atoms with E-state index in [0.717, 1.165) is 25.9 Å². The summed E-state index contributed by atoms with van der Waals surface area (Å²) in [6.07, 6.45) is 3.69. The summed E-state index contributed by atoms with van der Waals surface area (Å²) in [7, 11) is -3.70. The highest BCUT2D eigenvalue weighted by atomic mass is 32.2. The fourth-order valence-electron chi connectivity index (χ4n) is 4.45. The van der Waals surface area contributed by atoms with Gasteiger partial charge in [0.25, 0.3) is 0 Å². The molecule has 0 bridgehead atoms. The van der Waals surface area contributed by atoms with Gasteiger partial charge in [-0.15, -0.1) is 0 Å². The molecule has 0 N–H and O–H groups in total. The number of hydrogen-bond acceptors (Lipinski definition) is 5. The van der Waals surface area contributed by atoms with Crippen LogP contribution in [-0.2, 0) is 14.8 Å². The van der Waals surface area contributed by atoms with Crippen molar-refractivity contribution in [3.05, 3.63) is 28.7 Å². The van der Waals surface area contributed by atoms with Gasteiger partial charge < -0.3 is 9.32 Å². The van der Waals surface area contributed by atoms with E-state index in [1.165, 1.54) is 21.0 Å². The number of fused-ring (bicyclic) bond motifs is 1. The average molecular weight is 466 g/mol. The van der Waals surface area contributed by atoms with Gasteiger partial charge in [0.05, 0.1) is 10.4 Å². The Morgan fingerprint density at radius 2 is 1.78 bits per heavy atom. The maximum Gasteiger partial charge on any atom is 0.420 e. The van der Waals surface area contributed by atoms with Crippen LogP contribution in [0, 0.1) is 5.92 Å². The maximum absolute atomic E-state index is 13.2. The summed E-state index contributed by atoms with van der Waals surface area (Å²) in [5.41, 5.74) is 0.863. The second kappa shape index (κ2) is 10.2. The number of aromatic nitrogens is 1. The van der Waals surface area contributed by atoms with Crippen molar-refractivity contribution in [2.75, 3.05) is 26.2 Å². The van der Waals surface area contributed by atoms with Crippen LogP contribution >= 0.6 is 0 Å². The van der Waals surface area contributed by atoms with E-state index in [4.69, 9.17) is 4.42 Å². The summed E-state index contributed by atoms with van der Waals surface area (Å²) >= 11 is 0. The van der Waals surface area contributed by atoms with E-state index in [2.05, 4.69) is 13.8 Å². The van der Waals surface area contributed by atoms with Gasteiger partial charge in [0.15, 0.2) is 5.58 Å². The fraction of sp³-hybridized carbons (Fsp3) is 0.652. The van der Waals surface area contributed by atoms with Gasteiger partial charge in [-0.3, -0.25) is 9.36 Å². The van der Waals surface area contributed by atoms with Crippen LogP contribution < -0.4 is 5.76 Å². The molecule has 0 aliphatic carbocycles. The Labute approximate surface area is 190 Å². The van der Waals surface area contributed by atoms with Crippen molar-refractivity contribution in [2.45, 2.75) is 70.7 Å². The molecule has 32 heavy (non-hydrogen) atoms. The van der Waals surface area contributed by atoms with E-state index in [1.54, 1.807) is 6.07 Å². The Morgan fingerprint density at radius 3 is 2.34 bits per heavy atom. The van der Waals surface area contributed by atoms with Gasteiger partial charge in [-0.1, -0.05) is 13.8 Å². The lowest BCUT2D eigenvalue weighted by atomic mass is 9.94. The molecule has 0 saturated carbocycles. The van der Waals surface area contributed by atoms with Crippen LogP contribution in [0.3, 0.4) is 0 Å². The zero-order valence-electron chi connectivity index (χ0n) is 19.5. The Balaban J connectivity index is 1.68. The molecule has 1 aliphatic rings. The number of oxazole rings is 1. The minimum Gasteiger partial charge on any atom is -0.408 e. The standard InChI is InChI=1S/C23H35N3O5S/c1-5-11-24(12-6-2)22(27)15-18-9-13-25(14-10-18)32(29,30)19-7-8-20-21(16-19)31-23(28)26(20)17(3)4/h7-8,16-18H,5-6,9-15H2,1-4H3. The highest BCUT2D eigenvalue weighted by molar-refractivity contribution is 7.89. The van der Waals surface area contributed by atoms with Gasteiger partial charge in [0.2, 0.25) is 15.9 Å². The zero-order valence-corrected chi connectivity index (χ0v) is 20.4. The van der Waals surface area contributed by atoms with E-state index < -0.39 is 15.8 Å². The lowest BCUT2D eigenvalue weighted by Gasteiger charge is -2.32. The molecule has 1 aromatic carbocycles. The van der Waals surface area contributed by atoms with Crippen molar-refractivity contribution in [3.63, 3.8) is 0 Å². The summed E-state index contributed by atoms with van der Waals surface area (Å²) in [5, 5.41) is 0. The lowest BCUT2D eigenvalue weighted by molar-refractivity contribution is -0.132. The highest BCUT2D eigenvalue weighted by Crippen LogP contribution is 2.28. The molecule has 1 saturated heterocycles. The smallest absolute Gasteiger partial charge is 0.408 e. The van der Waals surface area contributed by atoms with Crippen molar-refractivity contribution >= 4 is 27.0 Å². The largest absolute Gasteiger partial charge is 0.420 e. The van der Waals surface area contributed by atoms with Crippen LogP contribution in [-0.4, -0.2) is 54.3 Å². The lowest BCUT2D eigenvalue weighted by Crippen LogP contribution is -2.40. The molecule has 8 nitrogen and oxygen atoms in total. The first kappa shape index (κ1) is 24.5. The summed E-state index contributed by atoms with van der Waals surface area (Å²) in [6.45, 7) is 10.2. The quantitative estimate of drug-likeness (QED) is 0.564. The molecular formula is C23H35N3O5S. The third-order valence-electron chi connectivity index (χ3n) is 6.12. The maximum atomic E-state index is 13.2. The Morgan fingerprint density at radius 1 is 1.16 bits per heavy atom. The van der Waals surface area contributed by atoms with Gasteiger partial charge in [-0.2, -0.15) is 4.31 Å². The third kappa shape index (κ3) is 5.09. The molecule has 1 aromatic heterocycles. The first-order valence-corrected chi connectivity index (χ1v) is 13.1. The molecule has 2 heterocycles. The number of rotatable bonds is 9. The third-order valence-corrected chi connectivity index (χ3v) is 8.01. The molecule has 0 unspecified atom stereocenters. The Hall–Kier alpha value is -2.13. The molecule has 1 aliphatic heterocycles. The van der Waals surface area contributed by atoms with Crippen molar-refractivity contribution < 1.29 is 17.6 Å². The van der Waals surface area contributed by atoms with Crippen LogP contribution in [0.1, 0.15) is 65.8 Å². The first-order valence-electron chi connectivity index (χ1n) is 11.6. The van der Waals surface area contributed by atoms with Crippen molar-refractivity contribution in [1.29, 1.82) is 0 Å². The molecule has 2 aromatic rings. The highest BCUT2D eigenvalue weighted by Gasteiger charge is 2.31. The molecule has 3 rings (SSSR count). The van der Waals surface area contributed by atoms with Crippen molar-refractivity contribution in [1.82, 2.24) is 13.8 Å². The number of sulfonamides is 1. The van der Waals surface area contributed by atoms with Gasteiger partial charge in [0, 0.05) is 44.7 Å². The van der Waals surface area contributed by atoms with E-state index in [9.17, 15) is 18.0 Å². The second-order valence-corrected chi connectivity index (χ2v) is 10.8. The summed E-state index contributed by atoms with van der Waals surface area (Å²) < 4.78 is 34.6. The zero-order chi connectivity index (χ0) is 23.5. The molecular weight excluding hydrogens is 430 g/mol. The number of carbonyl (C=O) groups is 1. The number of benzene rings is 1. The number of hydrogen-bond donors (Lipinski definition) is 0. The van der Waals surface area contributed by atoms with Gasteiger partial charge in [-0.05, 0) is 57.6 Å². The van der Waals surface area contributed by atoms with Crippen LogP contribution in [0.5, 0.6) is 0 Å². The number of nitrogens with zero attached hydrogens (tertiary/aromatic N) is 3. The topological polar surface area (TPSA) is 92.8 Å². The van der Waals surface area contributed by atoms with E-state index >= 15 is 0 Å². The van der Waals surface area contributed by atoms with Crippen LogP contribution in [0.15, 0.2) is 32.3 Å². The summed E-state index contributed by atoms with van der Waals surface area (Å²) in [5.74, 6) is -0.119. The number of carbonyl (C=O) groups excluding carboxylic acids is 1. The normalized spacial score (nSPS) is 16.2. The minimum atomic E-state index is -3.70. The summed E-state index contributed by atoms with van der Waals surface area (Å²) in [6, 6.07) is 4.52. The molecule has 1 fully saturated rings. The predicted molar refractivity (Wildman–Crippen MR) is 124 cm³/mol. The van der Waals surface area contributed by atoms with Crippen molar-refractivity contribution in [2.24, 2.45) is 5.92 Å². The van der Waals surface area contributed by atoms with Gasteiger partial charge >= 0.3 is 5.76 Å². The van der Waals surface area contributed by atoms with Gasteiger partial charge in [0.1, 0.15) is 0 Å². The predicted octanol–water partition coefficient (Wildman–Crippen LogP) is 3.61. The average Bonchev–Trinajstić information content (AvgIpc) is 3.09. The molecule has 0 radical (unpaired) electrons. The monoisotopic (exact) mass is 465 g/mol. The summed E-state index contributed by atoms with van der Waals surface area (Å²) in [4.78, 5) is 26.8. The van der Waals surface area contributed by atoms with Crippen LogP contribution in [0.4, 0.5) is 0 Å². The molecule has 1 amide bonds. The number of amides is 1.